The molecule has 0 radical (unpaired) electrons. The van der Waals surface area contributed by atoms with Gasteiger partial charge in [0, 0.05) is 24.5 Å². The monoisotopic (exact) mass is 364 g/mol. The van der Waals surface area contributed by atoms with E-state index >= 15 is 0 Å². The lowest BCUT2D eigenvalue weighted by molar-refractivity contribution is -0.146. The molecule has 1 saturated heterocycles. The number of hydrogen-bond acceptors (Lipinski definition) is 4. The van der Waals surface area contributed by atoms with Crippen molar-refractivity contribution in [2.75, 3.05) is 25.4 Å². The Morgan fingerprint density at radius 1 is 1.20 bits per heavy atom. The van der Waals surface area contributed by atoms with Gasteiger partial charge in [-0.3, -0.25) is 14.4 Å². The Bertz CT molecular complexity index is 654. The van der Waals surface area contributed by atoms with E-state index in [1.54, 1.807) is 32.0 Å². The third kappa shape index (κ3) is 5.22. The van der Waals surface area contributed by atoms with Crippen molar-refractivity contribution >= 4 is 29.5 Å². The molecule has 2 N–H and O–H groups in total. The summed E-state index contributed by atoms with van der Waals surface area (Å²) in [5.41, 5.74) is -0.577. The molecule has 1 aromatic rings. The number of benzene rings is 1. The molecule has 1 aromatic carbocycles. The summed E-state index contributed by atoms with van der Waals surface area (Å²) >= 11 is 1.34. The molecular weight excluding hydrogens is 340 g/mol. The largest absolute Gasteiger partial charge is 0.481 e. The maximum absolute atomic E-state index is 12.4. The molecule has 1 aliphatic rings. The summed E-state index contributed by atoms with van der Waals surface area (Å²) in [5, 5.41) is 11.8. The molecule has 7 heteroatoms. The Morgan fingerprint density at radius 2 is 1.84 bits per heavy atom. The van der Waals surface area contributed by atoms with Crippen molar-refractivity contribution in [2.45, 2.75) is 31.6 Å². The smallest absolute Gasteiger partial charge is 0.310 e. The summed E-state index contributed by atoms with van der Waals surface area (Å²) in [6, 6.07) is 7.06. The highest BCUT2D eigenvalue weighted by Crippen LogP contribution is 2.24. The van der Waals surface area contributed by atoms with Crippen molar-refractivity contribution in [3.05, 3.63) is 29.8 Å². The van der Waals surface area contributed by atoms with Crippen molar-refractivity contribution in [2.24, 2.45) is 5.41 Å². The lowest BCUT2D eigenvalue weighted by Gasteiger charge is -2.20. The van der Waals surface area contributed by atoms with Gasteiger partial charge in [0.1, 0.15) is 0 Å². The maximum Gasteiger partial charge on any atom is 0.310 e. The second kappa shape index (κ2) is 8.38. The number of carboxylic acid groups (broad SMARTS) is 1. The number of nitrogens with zero attached hydrogens (tertiary/aromatic N) is 1. The first-order valence-corrected chi connectivity index (χ1v) is 9.31. The number of thioether (sulfide) groups is 1. The zero-order chi connectivity index (χ0) is 18.4. The molecule has 1 fully saturated rings. The number of carboxylic acids is 1. The van der Waals surface area contributed by atoms with Gasteiger partial charge in [0.25, 0.3) is 5.91 Å². The van der Waals surface area contributed by atoms with Gasteiger partial charge in [-0.05, 0) is 38.8 Å². The summed E-state index contributed by atoms with van der Waals surface area (Å²) in [5.74, 6) is -0.910. The first-order valence-electron chi connectivity index (χ1n) is 8.32. The van der Waals surface area contributed by atoms with Crippen LogP contribution in [0.4, 0.5) is 0 Å². The van der Waals surface area contributed by atoms with Crippen molar-refractivity contribution in [3.63, 3.8) is 0 Å². The van der Waals surface area contributed by atoms with Crippen LogP contribution in [-0.2, 0) is 9.59 Å². The molecule has 0 bridgehead atoms. The summed E-state index contributed by atoms with van der Waals surface area (Å²) in [7, 11) is 0. The summed E-state index contributed by atoms with van der Waals surface area (Å²) in [6.45, 7) is 4.78. The highest BCUT2D eigenvalue weighted by atomic mass is 32.2. The van der Waals surface area contributed by atoms with Crippen LogP contribution in [0.25, 0.3) is 0 Å². The Morgan fingerprint density at radius 3 is 2.48 bits per heavy atom. The molecule has 6 nitrogen and oxygen atoms in total. The number of carbonyl (C=O) groups excluding carboxylic acids is 2. The number of hydrogen-bond donors (Lipinski definition) is 2. The van der Waals surface area contributed by atoms with E-state index in [1.165, 1.54) is 11.8 Å². The van der Waals surface area contributed by atoms with Crippen LogP contribution in [0.3, 0.4) is 0 Å². The van der Waals surface area contributed by atoms with Gasteiger partial charge in [-0.15, -0.1) is 11.8 Å². The maximum atomic E-state index is 12.4. The predicted molar refractivity (Wildman–Crippen MR) is 96.7 cm³/mol. The van der Waals surface area contributed by atoms with Crippen LogP contribution in [-0.4, -0.2) is 53.2 Å². The van der Waals surface area contributed by atoms with E-state index in [2.05, 4.69) is 5.32 Å². The minimum absolute atomic E-state index is 0.0346. The van der Waals surface area contributed by atoms with Crippen molar-refractivity contribution < 1.29 is 19.5 Å². The quantitative estimate of drug-likeness (QED) is 0.725. The van der Waals surface area contributed by atoms with Crippen molar-refractivity contribution in [1.82, 2.24) is 10.2 Å². The van der Waals surface area contributed by atoms with Crippen LogP contribution in [0.5, 0.6) is 0 Å². The van der Waals surface area contributed by atoms with E-state index in [0.29, 0.717) is 11.3 Å². The molecular formula is C18H24N2O4S. The van der Waals surface area contributed by atoms with Crippen molar-refractivity contribution in [3.8, 4) is 0 Å². The first kappa shape index (κ1) is 19.3. The minimum atomic E-state index is -1.04. The third-order valence-electron chi connectivity index (χ3n) is 4.21. The van der Waals surface area contributed by atoms with Crippen LogP contribution >= 0.6 is 11.8 Å². The van der Waals surface area contributed by atoms with Crippen LogP contribution in [0.2, 0.25) is 0 Å². The van der Waals surface area contributed by atoms with Crippen LogP contribution in [0, 0.1) is 5.41 Å². The summed E-state index contributed by atoms with van der Waals surface area (Å²) in [6.07, 6.45) is 2.10. The van der Waals surface area contributed by atoms with Crippen LogP contribution in [0.15, 0.2) is 29.2 Å². The molecule has 0 unspecified atom stereocenters. The molecule has 1 aliphatic heterocycles. The van der Waals surface area contributed by atoms with Gasteiger partial charge in [0.2, 0.25) is 5.91 Å². The first-order chi connectivity index (χ1) is 11.8. The lowest BCUT2D eigenvalue weighted by Crippen LogP contribution is -2.39. The van der Waals surface area contributed by atoms with E-state index in [9.17, 15) is 14.4 Å². The summed E-state index contributed by atoms with van der Waals surface area (Å²) < 4.78 is 0. The zero-order valence-corrected chi connectivity index (χ0v) is 15.4. The van der Waals surface area contributed by atoms with Gasteiger partial charge in [0.15, 0.2) is 0 Å². The predicted octanol–water partition coefficient (Wildman–Crippen LogP) is 2.24. The third-order valence-corrected chi connectivity index (χ3v) is 5.27. The highest BCUT2D eigenvalue weighted by Gasteiger charge is 2.28. The molecule has 0 saturated carbocycles. The second-order valence-electron chi connectivity index (χ2n) is 6.74. The minimum Gasteiger partial charge on any atom is -0.481 e. The SMILES string of the molecule is CC(C)(CNC(=O)c1ccccc1SCC(=O)N1CCCC1)C(=O)O. The Labute approximate surface area is 152 Å². The van der Waals surface area contributed by atoms with Gasteiger partial charge in [0.05, 0.1) is 16.7 Å². The molecule has 0 spiro atoms. The highest BCUT2D eigenvalue weighted by molar-refractivity contribution is 8.00. The van der Waals surface area contributed by atoms with Gasteiger partial charge >= 0.3 is 5.97 Å². The Hall–Kier alpha value is -2.02. The number of aliphatic carboxylic acids is 1. The normalized spacial score (nSPS) is 14.4. The van der Waals surface area contributed by atoms with E-state index in [4.69, 9.17) is 5.11 Å². The lowest BCUT2D eigenvalue weighted by atomic mass is 9.94. The molecule has 136 valence electrons. The number of amides is 2. The topological polar surface area (TPSA) is 86.7 Å². The fraction of sp³-hybridized carbons (Fsp3) is 0.500. The molecule has 0 aromatic heterocycles. The van der Waals surface area contributed by atoms with E-state index in [-0.39, 0.29) is 18.4 Å². The molecule has 0 aliphatic carbocycles. The van der Waals surface area contributed by atoms with Crippen LogP contribution in [0.1, 0.15) is 37.0 Å². The Kier molecular flexibility index (Phi) is 6.47. The molecule has 1 heterocycles. The van der Waals surface area contributed by atoms with Gasteiger partial charge < -0.3 is 15.3 Å². The molecule has 2 rings (SSSR count). The number of nitrogens with one attached hydrogen (secondary N) is 1. The number of rotatable bonds is 7. The average molecular weight is 364 g/mol. The fourth-order valence-electron chi connectivity index (χ4n) is 2.45. The van der Waals surface area contributed by atoms with E-state index in [1.807, 2.05) is 11.0 Å². The average Bonchev–Trinajstić information content (AvgIpc) is 3.12. The number of carbonyl (C=O) groups is 3. The second-order valence-corrected chi connectivity index (χ2v) is 7.76. The van der Waals surface area contributed by atoms with Crippen LogP contribution < -0.4 is 5.32 Å². The molecule has 0 atom stereocenters. The standard InChI is InChI=1S/C18H24N2O4S/c1-18(2,17(23)24)12-19-16(22)13-7-3-4-8-14(13)25-11-15(21)20-9-5-6-10-20/h3-4,7-8H,5-6,9-12H2,1-2H3,(H,19,22)(H,23,24). The fourth-order valence-corrected chi connectivity index (χ4v) is 3.40. The van der Waals surface area contributed by atoms with Gasteiger partial charge in [-0.2, -0.15) is 0 Å². The van der Waals surface area contributed by atoms with Gasteiger partial charge in [-0.25, -0.2) is 0 Å². The van der Waals surface area contributed by atoms with E-state index < -0.39 is 11.4 Å². The van der Waals surface area contributed by atoms with Gasteiger partial charge in [-0.1, -0.05) is 12.1 Å². The number of likely N-dealkylation sites (tertiary alicyclic amines) is 1. The van der Waals surface area contributed by atoms with E-state index in [0.717, 1.165) is 30.8 Å². The summed E-state index contributed by atoms with van der Waals surface area (Å²) in [4.78, 5) is 38.3. The zero-order valence-electron chi connectivity index (χ0n) is 14.6. The molecule has 2 amide bonds. The molecule has 25 heavy (non-hydrogen) atoms. The van der Waals surface area contributed by atoms with Crippen molar-refractivity contribution in [1.29, 1.82) is 0 Å². The Balaban J connectivity index is 1.98.